The first-order chi connectivity index (χ1) is 17.0. The van der Waals surface area contributed by atoms with Crippen LogP contribution in [0, 0.1) is 0 Å². The topological polar surface area (TPSA) is 217 Å². The number of rotatable bonds is 5. The Bertz CT molecular complexity index is 1360. The van der Waals surface area contributed by atoms with Crippen LogP contribution in [-0.4, -0.2) is 79.0 Å². The quantitative estimate of drug-likeness (QED) is 0.180. The second-order valence-corrected chi connectivity index (χ2v) is 8.03. The highest BCUT2D eigenvalue weighted by Crippen LogP contribution is 2.39. The van der Waals surface area contributed by atoms with Gasteiger partial charge >= 0.3 is 5.97 Å². The van der Waals surface area contributed by atoms with E-state index < -0.39 is 82.8 Å². The molecule has 0 saturated carbocycles. The number of esters is 1. The molecule has 0 bridgehead atoms. The molecule has 5 atom stereocenters. The number of aliphatic hydroxyl groups excluding tert-OH is 3. The van der Waals surface area contributed by atoms with Crippen molar-refractivity contribution in [3.63, 3.8) is 0 Å². The average molecular weight is 506 g/mol. The van der Waals surface area contributed by atoms with Crippen LogP contribution in [0.3, 0.4) is 0 Å². The van der Waals surface area contributed by atoms with Crippen molar-refractivity contribution in [1.82, 2.24) is 0 Å². The lowest BCUT2D eigenvalue weighted by Crippen LogP contribution is -2.61. The van der Waals surface area contributed by atoms with Crippen molar-refractivity contribution in [2.24, 2.45) is 0 Å². The summed E-state index contributed by atoms with van der Waals surface area (Å²) in [4.78, 5) is 25.1. The van der Waals surface area contributed by atoms with Crippen molar-refractivity contribution >= 4 is 16.9 Å². The number of ether oxygens (including phenoxy) is 3. The van der Waals surface area contributed by atoms with Gasteiger partial charge < -0.3 is 54.4 Å². The highest BCUT2D eigenvalue weighted by Gasteiger charge is 2.48. The number of hydrogen-bond acceptors (Lipinski definition) is 13. The molecule has 3 aromatic rings. The van der Waals surface area contributed by atoms with Gasteiger partial charge in [-0.1, -0.05) is 0 Å². The van der Waals surface area contributed by atoms with Gasteiger partial charge in [-0.25, -0.2) is 0 Å². The number of carbonyl (C=O) groups excluding carboxylic acids is 1. The molecule has 0 amide bonds. The fraction of sp³-hybridized carbons (Fsp3) is 0.304. The summed E-state index contributed by atoms with van der Waals surface area (Å²) in [6.07, 6.45) is -8.27. The number of benzene rings is 2. The lowest BCUT2D eigenvalue weighted by molar-refractivity contribution is -0.282. The Hall–Kier alpha value is -4.04. The average Bonchev–Trinajstić information content (AvgIpc) is 2.81. The van der Waals surface area contributed by atoms with Gasteiger partial charge in [0.15, 0.2) is 23.4 Å². The zero-order chi connectivity index (χ0) is 26.3. The van der Waals surface area contributed by atoms with Gasteiger partial charge in [-0.2, -0.15) is 0 Å². The number of fused-ring (bicyclic) bond motifs is 1. The Balaban J connectivity index is 1.92. The Morgan fingerprint density at radius 3 is 2.36 bits per heavy atom. The minimum Gasteiger partial charge on any atom is -0.508 e. The second kappa shape index (κ2) is 9.54. The predicted molar refractivity (Wildman–Crippen MR) is 119 cm³/mol. The summed E-state index contributed by atoms with van der Waals surface area (Å²) in [5.74, 6) is -4.03. The maximum absolute atomic E-state index is 13.4. The Labute approximate surface area is 201 Å². The summed E-state index contributed by atoms with van der Waals surface area (Å²) < 4.78 is 21.9. The molecule has 4 rings (SSSR count). The fourth-order valence-electron chi connectivity index (χ4n) is 3.81. The number of aromatic hydroxyl groups is 4. The maximum atomic E-state index is 13.4. The molecule has 0 radical (unpaired) electrons. The van der Waals surface area contributed by atoms with E-state index in [2.05, 4.69) is 0 Å². The van der Waals surface area contributed by atoms with E-state index in [0.717, 1.165) is 31.2 Å². The molecule has 7 N–H and O–H groups in total. The Morgan fingerprint density at radius 2 is 1.72 bits per heavy atom. The third kappa shape index (κ3) is 4.47. The molecule has 2 aromatic carbocycles. The molecule has 1 fully saturated rings. The van der Waals surface area contributed by atoms with E-state index in [1.165, 1.54) is 6.07 Å². The number of carbonyl (C=O) groups is 1. The van der Waals surface area contributed by atoms with Crippen molar-refractivity contribution in [3.8, 4) is 40.1 Å². The maximum Gasteiger partial charge on any atom is 0.303 e. The van der Waals surface area contributed by atoms with Crippen molar-refractivity contribution in [2.45, 2.75) is 37.6 Å². The van der Waals surface area contributed by atoms with Crippen LogP contribution in [-0.2, 0) is 14.3 Å². The molecular weight excluding hydrogens is 484 g/mol. The molecule has 192 valence electrons. The van der Waals surface area contributed by atoms with Crippen LogP contribution in [0.4, 0.5) is 0 Å². The molecule has 13 heteroatoms. The van der Waals surface area contributed by atoms with Gasteiger partial charge in [-0.15, -0.1) is 0 Å². The largest absolute Gasteiger partial charge is 0.508 e. The van der Waals surface area contributed by atoms with Gasteiger partial charge in [-0.3, -0.25) is 9.59 Å². The van der Waals surface area contributed by atoms with E-state index in [-0.39, 0.29) is 16.9 Å². The first-order valence-corrected chi connectivity index (χ1v) is 10.5. The summed E-state index contributed by atoms with van der Waals surface area (Å²) >= 11 is 0. The van der Waals surface area contributed by atoms with E-state index in [1.807, 2.05) is 0 Å². The molecule has 5 unspecified atom stereocenters. The zero-order valence-corrected chi connectivity index (χ0v) is 18.6. The normalized spacial score (nSPS) is 23.9. The molecule has 1 aliphatic rings. The molecular formula is C23H22O13. The van der Waals surface area contributed by atoms with E-state index in [9.17, 15) is 45.3 Å². The summed E-state index contributed by atoms with van der Waals surface area (Å²) in [6, 6.07) is 5.32. The van der Waals surface area contributed by atoms with Crippen LogP contribution in [0.2, 0.25) is 0 Å². The van der Waals surface area contributed by atoms with Crippen LogP contribution < -0.4 is 10.2 Å². The molecule has 2 heterocycles. The lowest BCUT2D eigenvalue weighted by Gasteiger charge is -2.41. The zero-order valence-electron chi connectivity index (χ0n) is 18.6. The van der Waals surface area contributed by atoms with Crippen LogP contribution in [0.15, 0.2) is 39.5 Å². The van der Waals surface area contributed by atoms with E-state index in [1.54, 1.807) is 0 Å². The van der Waals surface area contributed by atoms with Gasteiger partial charge in [0.1, 0.15) is 40.8 Å². The van der Waals surface area contributed by atoms with Gasteiger partial charge in [0.25, 0.3) is 0 Å². The molecule has 0 aliphatic carbocycles. The highest BCUT2D eigenvalue weighted by atomic mass is 16.7. The summed E-state index contributed by atoms with van der Waals surface area (Å²) in [6.45, 7) is 0.254. The third-order valence-corrected chi connectivity index (χ3v) is 5.52. The smallest absolute Gasteiger partial charge is 0.303 e. The molecule has 1 aliphatic heterocycles. The summed E-state index contributed by atoms with van der Waals surface area (Å²) in [5.41, 5.74) is -1.25. The Kier molecular flexibility index (Phi) is 6.65. The van der Waals surface area contributed by atoms with Crippen molar-refractivity contribution < 1.29 is 59.2 Å². The van der Waals surface area contributed by atoms with E-state index in [0.29, 0.717) is 0 Å². The van der Waals surface area contributed by atoms with E-state index >= 15 is 0 Å². The third-order valence-electron chi connectivity index (χ3n) is 5.52. The summed E-state index contributed by atoms with van der Waals surface area (Å²) in [7, 11) is 0. The van der Waals surface area contributed by atoms with Crippen LogP contribution in [0.25, 0.3) is 22.3 Å². The molecule has 13 nitrogen and oxygen atoms in total. The van der Waals surface area contributed by atoms with Gasteiger partial charge in [0.2, 0.25) is 17.5 Å². The predicted octanol–water partition coefficient (Wildman–Crippen LogP) is 0.0319. The van der Waals surface area contributed by atoms with Crippen LogP contribution >= 0.6 is 0 Å². The first-order valence-electron chi connectivity index (χ1n) is 10.5. The van der Waals surface area contributed by atoms with Crippen molar-refractivity contribution in [1.29, 1.82) is 0 Å². The first kappa shape index (κ1) is 25.1. The standard InChI is InChI=1S/C23H22O13/c1-8(25)33-22-19(32)17(30)15(7-24)35-23(22)36-21-18(31)16-13(29)5-10(26)6-14(16)34-20(21)9-2-3-11(27)12(28)4-9/h2-6,15,17,19,22-24,26-30,32H,7H2,1H3. The number of aliphatic hydroxyl groups is 3. The molecule has 36 heavy (non-hydrogen) atoms. The minimum atomic E-state index is -1.79. The number of phenols is 4. The monoisotopic (exact) mass is 506 g/mol. The molecule has 1 aromatic heterocycles. The Morgan fingerprint density at radius 1 is 1.00 bits per heavy atom. The SMILES string of the molecule is CC(=O)OC1C(Oc2c(-c3ccc(O)c(O)c3)oc3cc(O)cc(O)c3c2=O)OC(CO)C(O)C1O. The number of hydrogen-bond donors (Lipinski definition) is 7. The fourth-order valence-corrected chi connectivity index (χ4v) is 3.81. The van der Waals surface area contributed by atoms with Gasteiger partial charge in [-0.05, 0) is 18.2 Å². The van der Waals surface area contributed by atoms with Gasteiger partial charge in [0, 0.05) is 24.6 Å². The van der Waals surface area contributed by atoms with Crippen LogP contribution in [0.1, 0.15) is 6.92 Å². The van der Waals surface area contributed by atoms with Crippen molar-refractivity contribution in [3.05, 3.63) is 40.6 Å². The number of phenolic OH excluding ortho intramolecular Hbond substituents is 4. The second-order valence-electron chi connectivity index (χ2n) is 8.03. The lowest BCUT2D eigenvalue weighted by atomic mass is 9.99. The van der Waals surface area contributed by atoms with Crippen molar-refractivity contribution in [2.75, 3.05) is 6.61 Å². The minimum absolute atomic E-state index is 0.00118. The molecule has 0 spiro atoms. The summed E-state index contributed by atoms with van der Waals surface area (Å²) in [5, 5.41) is 69.5. The van der Waals surface area contributed by atoms with E-state index in [4.69, 9.17) is 18.6 Å². The van der Waals surface area contributed by atoms with Gasteiger partial charge in [0.05, 0.1) is 6.61 Å². The highest BCUT2D eigenvalue weighted by molar-refractivity contribution is 5.88. The molecule has 1 saturated heterocycles. The van der Waals surface area contributed by atoms with Crippen LogP contribution in [0.5, 0.6) is 28.7 Å².